The van der Waals surface area contributed by atoms with Gasteiger partial charge in [-0.25, -0.2) is 9.59 Å². The summed E-state index contributed by atoms with van der Waals surface area (Å²) in [6, 6.07) is 4.13. The second-order valence-corrected chi connectivity index (χ2v) is 9.86. The van der Waals surface area contributed by atoms with Gasteiger partial charge < -0.3 is 35.4 Å². The Bertz CT molecular complexity index is 714. The van der Waals surface area contributed by atoms with Crippen LogP contribution in [0.3, 0.4) is 0 Å². The number of piperidine rings is 1. The average Bonchev–Trinajstić information content (AvgIpc) is 3.34. The minimum Gasteiger partial charge on any atom is -0.465 e. The lowest BCUT2D eigenvalue weighted by Crippen LogP contribution is -2.52. The maximum atomic E-state index is 13.2. The standard InChI is InChI=1S/C23H38N4O5S/c1-24-15-19(14-17-6-10-31-11-7-17)26-22(28)27-9-2-4-18(16-27)21(20-5-3-13-33-20)32-12-8-25-23(29)30/h3,5,13,17-19,21,24-25H,2,4,6-12,14-16H2,1H3,(H,26,28)(H,29,30)/t18-,19-,21?/m0/s1. The third-order valence-corrected chi connectivity index (χ3v) is 7.34. The lowest BCUT2D eigenvalue weighted by molar-refractivity contribution is -0.00641. The van der Waals surface area contributed by atoms with Crippen LogP contribution in [0.5, 0.6) is 0 Å². The quantitative estimate of drug-likeness (QED) is 0.361. The maximum absolute atomic E-state index is 13.2. The first-order chi connectivity index (χ1) is 16.1. The summed E-state index contributed by atoms with van der Waals surface area (Å²) in [7, 11) is 1.92. The van der Waals surface area contributed by atoms with Crippen molar-refractivity contribution in [3.05, 3.63) is 22.4 Å². The molecule has 2 aliphatic heterocycles. The highest BCUT2D eigenvalue weighted by Crippen LogP contribution is 2.35. The smallest absolute Gasteiger partial charge is 0.404 e. The van der Waals surface area contributed by atoms with E-state index >= 15 is 0 Å². The number of carboxylic acid groups (broad SMARTS) is 1. The number of likely N-dealkylation sites (N-methyl/N-ethyl adjacent to an activating group) is 1. The summed E-state index contributed by atoms with van der Waals surface area (Å²) in [5.41, 5.74) is 0. The zero-order valence-corrected chi connectivity index (χ0v) is 20.3. The topological polar surface area (TPSA) is 112 Å². The number of hydrogen-bond donors (Lipinski definition) is 4. The van der Waals surface area contributed by atoms with Gasteiger partial charge in [-0.15, -0.1) is 11.3 Å². The first kappa shape index (κ1) is 25.7. The number of likely N-dealkylation sites (tertiary alicyclic amines) is 1. The Morgan fingerprint density at radius 1 is 1.33 bits per heavy atom. The number of urea groups is 1. The molecule has 1 aromatic rings. The lowest BCUT2D eigenvalue weighted by atomic mass is 9.91. The number of rotatable bonds is 11. The Balaban J connectivity index is 1.56. The summed E-state index contributed by atoms with van der Waals surface area (Å²) in [5.74, 6) is 0.758. The van der Waals surface area contributed by atoms with Crippen LogP contribution in [0.4, 0.5) is 9.59 Å². The molecule has 10 heteroatoms. The van der Waals surface area contributed by atoms with Crippen LogP contribution in [0.15, 0.2) is 17.5 Å². The molecule has 1 unspecified atom stereocenters. The summed E-state index contributed by atoms with van der Waals surface area (Å²) in [4.78, 5) is 26.9. The summed E-state index contributed by atoms with van der Waals surface area (Å²) in [6.45, 7) is 4.28. The van der Waals surface area contributed by atoms with Crippen LogP contribution in [-0.4, -0.2) is 81.2 Å². The molecule has 3 atom stereocenters. The van der Waals surface area contributed by atoms with Crippen molar-refractivity contribution >= 4 is 23.5 Å². The van der Waals surface area contributed by atoms with E-state index in [-0.39, 0.29) is 30.6 Å². The normalized spacial score (nSPS) is 21.4. The van der Waals surface area contributed by atoms with E-state index in [9.17, 15) is 9.59 Å². The molecule has 0 spiro atoms. The Hall–Kier alpha value is -1.88. The number of ether oxygens (including phenoxy) is 2. The molecule has 9 nitrogen and oxygen atoms in total. The van der Waals surface area contributed by atoms with Crippen molar-refractivity contribution in [3.8, 4) is 0 Å². The van der Waals surface area contributed by atoms with Crippen molar-refractivity contribution < 1.29 is 24.2 Å². The van der Waals surface area contributed by atoms with Gasteiger partial charge in [0.05, 0.1) is 12.7 Å². The third-order valence-electron chi connectivity index (χ3n) is 6.41. The Labute approximate surface area is 200 Å². The monoisotopic (exact) mass is 482 g/mol. The Kier molecular flexibility index (Phi) is 10.7. The fourth-order valence-electron chi connectivity index (χ4n) is 4.78. The highest BCUT2D eigenvalue weighted by molar-refractivity contribution is 7.10. The SMILES string of the molecule is CNC[C@H](CC1CCOCC1)NC(=O)N1CCC[C@H](C(OCCNC(=O)O)c2cccs2)C1. The van der Waals surface area contributed by atoms with Crippen LogP contribution in [-0.2, 0) is 9.47 Å². The molecular formula is C23H38N4O5S. The maximum Gasteiger partial charge on any atom is 0.404 e. The number of carbonyl (C=O) groups is 2. The van der Waals surface area contributed by atoms with Crippen molar-refractivity contribution in [2.24, 2.45) is 11.8 Å². The van der Waals surface area contributed by atoms with Crippen LogP contribution >= 0.6 is 11.3 Å². The van der Waals surface area contributed by atoms with Crippen molar-refractivity contribution in [1.29, 1.82) is 0 Å². The average molecular weight is 483 g/mol. The van der Waals surface area contributed by atoms with E-state index in [1.165, 1.54) is 0 Å². The summed E-state index contributed by atoms with van der Waals surface area (Å²) in [6.07, 6.45) is 3.77. The van der Waals surface area contributed by atoms with Crippen molar-refractivity contribution in [2.75, 3.05) is 53.0 Å². The molecule has 0 radical (unpaired) electrons. The fraction of sp³-hybridized carbons (Fsp3) is 0.739. The molecule has 2 fully saturated rings. The van der Waals surface area contributed by atoms with Crippen LogP contribution < -0.4 is 16.0 Å². The molecule has 2 saturated heterocycles. The van der Waals surface area contributed by atoms with E-state index in [1.807, 2.05) is 23.4 Å². The molecule has 3 rings (SSSR count). The molecule has 3 heterocycles. The zero-order chi connectivity index (χ0) is 23.5. The van der Waals surface area contributed by atoms with Gasteiger partial charge in [-0.3, -0.25) is 0 Å². The van der Waals surface area contributed by atoms with Gasteiger partial charge >= 0.3 is 12.1 Å². The number of hydrogen-bond acceptors (Lipinski definition) is 6. The third kappa shape index (κ3) is 8.44. The van der Waals surface area contributed by atoms with Gasteiger partial charge in [-0.1, -0.05) is 6.07 Å². The minimum absolute atomic E-state index is 0.00974. The largest absolute Gasteiger partial charge is 0.465 e. The summed E-state index contributed by atoms with van der Waals surface area (Å²) >= 11 is 1.64. The van der Waals surface area contributed by atoms with Gasteiger partial charge in [-0.2, -0.15) is 0 Å². The number of carbonyl (C=O) groups excluding carboxylic acids is 1. The van der Waals surface area contributed by atoms with Gasteiger partial charge in [0.1, 0.15) is 0 Å². The lowest BCUT2D eigenvalue weighted by Gasteiger charge is -2.37. The van der Waals surface area contributed by atoms with Gasteiger partial charge in [0.15, 0.2) is 0 Å². The van der Waals surface area contributed by atoms with Crippen LogP contribution in [0.1, 0.15) is 43.1 Å². The van der Waals surface area contributed by atoms with E-state index in [0.717, 1.165) is 63.3 Å². The molecule has 33 heavy (non-hydrogen) atoms. The summed E-state index contributed by atoms with van der Waals surface area (Å²) < 4.78 is 11.6. The minimum atomic E-state index is -1.05. The van der Waals surface area contributed by atoms with Gasteiger partial charge in [0, 0.05) is 56.2 Å². The van der Waals surface area contributed by atoms with Gasteiger partial charge in [0.2, 0.25) is 0 Å². The van der Waals surface area contributed by atoms with Crippen LogP contribution in [0.25, 0.3) is 0 Å². The van der Waals surface area contributed by atoms with Crippen LogP contribution in [0, 0.1) is 11.8 Å². The molecule has 4 N–H and O–H groups in total. The molecule has 0 aliphatic carbocycles. The van der Waals surface area contributed by atoms with E-state index in [4.69, 9.17) is 14.6 Å². The molecule has 2 aliphatic rings. The number of thiophene rings is 1. The predicted molar refractivity (Wildman–Crippen MR) is 128 cm³/mol. The van der Waals surface area contributed by atoms with Gasteiger partial charge in [0.25, 0.3) is 0 Å². The first-order valence-corrected chi connectivity index (χ1v) is 12.8. The zero-order valence-electron chi connectivity index (χ0n) is 19.5. The molecule has 0 aromatic carbocycles. The van der Waals surface area contributed by atoms with Gasteiger partial charge in [-0.05, 0) is 56.5 Å². The fourth-order valence-corrected chi connectivity index (χ4v) is 5.65. The number of nitrogens with one attached hydrogen (secondary N) is 3. The molecular weight excluding hydrogens is 444 g/mol. The van der Waals surface area contributed by atoms with Crippen molar-refractivity contribution in [1.82, 2.24) is 20.9 Å². The van der Waals surface area contributed by atoms with Crippen molar-refractivity contribution in [2.45, 2.75) is 44.2 Å². The van der Waals surface area contributed by atoms with E-state index < -0.39 is 6.09 Å². The molecule has 0 bridgehead atoms. The Morgan fingerprint density at radius 3 is 2.85 bits per heavy atom. The van der Waals surface area contributed by atoms with E-state index in [1.54, 1.807) is 11.3 Å². The van der Waals surface area contributed by atoms with Crippen molar-refractivity contribution in [3.63, 3.8) is 0 Å². The van der Waals surface area contributed by atoms with E-state index in [0.29, 0.717) is 19.1 Å². The molecule has 3 amide bonds. The predicted octanol–water partition coefficient (Wildman–Crippen LogP) is 2.90. The molecule has 186 valence electrons. The molecule has 0 saturated carbocycles. The van der Waals surface area contributed by atoms with Crippen LogP contribution in [0.2, 0.25) is 0 Å². The highest BCUT2D eigenvalue weighted by atomic mass is 32.1. The Morgan fingerprint density at radius 2 is 2.15 bits per heavy atom. The second kappa shape index (κ2) is 13.7. The number of amides is 3. The highest BCUT2D eigenvalue weighted by Gasteiger charge is 2.32. The summed E-state index contributed by atoms with van der Waals surface area (Å²) in [5, 5.41) is 19.6. The first-order valence-electron chi connectivity index (χ1n) is 12.0. The molecule has 1 aromatic heterocycles. The van der Waals surface area contributed by atoms with E-state index in [2.05, 4.69) is 22.0 Å². The second-order valence-electron chi connectivity index (χ2n) is 8.88. The number of nitrogens with zero attached hydrogens (tertiary/aromatic N) is 1.